The Labute approximate surface area is 83.0 Å². The molecule has 0 N–H and O–H groups in total. The van der Waals surface area contributed by atoms with Crippen LogP contribution in [-0.4, -0.2) is 51.2 Å². The van der Waals surface area contributed by atoms with Gasteiger partial charge in [-0.3, -0.25) is 9.59 Å². The fourth-order valence-corrected chi connectivity index (χ4v) is 1.78. The number of nitrogens with zero attached hydrogens (tertiary/aromatic N) is 1. The minimum atomic E-state index is -0.391. The van der Waals surface area contributed by atoms with Gasteiger partial charge in [0.25, 0.3) is 0 Å². The highest BCUT2D eigenvalue weighted by Crippen LogP contribution is 2.24. The lowest BCUT2D eigenvalue weighted by Crippen LogP contribution is -2.30. The van der Waals surface area contributed by atoms with E-state index in [0.717, 1.165) is 0 Å². The smallest absolute Gasteiger partial charge is 0.310 e. The van der Waals surface area contributed by atoms with Gasteiger partial charge >= 0.3 is 11.9 Å². The Morgan fingerprint density at radius 2 is 1.43 bits per heavy atom. The van der Waals surface area contributed by atoms with Gasteiger partial charge < -0.3 is 14.4 Å². The molecule has 80 valence electrons. The molecule has 0 aromatic carbocycles. The number of carbonyl (C=O) groups excluding carboxylic acids is 2. The summed E-state index contributed by atoms with van der Waals surface area (Å²) in [5, 5.41) is 0. The molecular weight excluding hydrogens is 186 g/mol. The zero-order valence-corrected chi connectivity index (χ0v) is 8.65. The monoisotopic (exact) mass is 201 g/mol. The molecule has 0 radical (unpaired) electrons. The summed E-state index contributed by atoms with van der Waals surface area (Å²) >= 11 is 0. The second-order valence-electron chi connectivity index (χ2n) is 3.48. The molecule has 0 amide bonds. The third-order valence-electron chi connectivity index (χ3n) is 2.51. The van der Waals surface area contributed by atoms with Crippen LogP contribution in [0.25, 0.3) is 0 Å². The average molecular weight is 201 g/mol. The van der Waals surface area contributed by atoms with Gasteiger partial charge in [-0.1, -0.05) is 0 Å². The van der Waals surface area contributed by atoms with E-state index in [2.05, 4.69) is 9.47 Å². The highest BCUT2D eigenvalue weighted by atomic mass is 16.5. The van der Waals surface area contributed by atoms with Crippen LogP contribution in [0.2, 0.25) is 0 Å². The van der Waals surface area contributed by atoms with E-state index in [1.165, 1.54) is 14.2 Å². The van der Waals surface area contributed by atoms with Crippen molar-refractivity contribution in [2.75, 3.05) is 34.4 Å². The van der Waals surface area contributed by atoms with E-state index in [0.29, 0.717) is 13.1 Å². The predicted octanol–water partition coefficient (Wildman–Crippen LogP) is -0.490. The van der Waals surface area contributed by atoms with E-state index < -0.39 is 11.8 Å². The molecule has 0 unspecified atom stereocenters. The number of methoxy groups -OCH3 is 2. The molecule has 1 rings (SSSR count). The maximum absolute atomic E-state index is 11.3. The molecule has 2 atom stereocenters. The highest BCUT2D eigenvalue weighted by Gasteiger charge is 2.41. The summed E-state index contributed by atoms with van der Waals surface area (Å²) in [6, 6.07) is 0. The van der Waals surface area contributed by atoms with E-state index in [1.807, 2.05) is 11.9 Å². The molecule has 1 heterocycles. The molecule has 1 aliphatic rings. The van der Waals surface area contributed by atoms with Crippen molar-refractivity contribution >= 4 is 11.9 Å². The maximum atomic E-state index is 11.3. The van der Waals surface area contributed by atoms with Crippen molar-refractivity contribution < 1.29 is 19.1 Å². The summed E-state index contributed by atoms with van der Waals surface area (Å²) in [5.41, 5.74) is 0. The molecule has 1 aliphatic heterocycles. The van der Waals surface area contributed by atoms with E-state index in [1.54, 1.807) is 0 Å². The molecule has 1 fully saturated rings. The van der Waals surface area contributed by atoms with E-state index in [-0.39, 0.29) is 11.9 Å². The normalized spacial score (nSPS) is 27.4. The lowest BCUT2D eigenvalue weighted by atomic mass is 9.96. The van der Waals surface area contributed by atoms with Crippen LogP contribution in [0.15, 0.2) is 0 Å². The van der Waals surface area contributed by atoms with Crippen LogP contribution >= 0.6 is 0 Å². The Hall–Kier alpha value is -1.10. The molecule has 1 saturated heterocycles. The van der Waals surface area contributed by atoms with Gasteiger partial charge in [0, 0.05) is 13.1 Å². The van der Waals surface area contributed by atoms with Crippen molar-refractivity contribution in [1.29, 1.82) is 0 Å². The number of carbonyl (C=O) groups is 2. The number of esters is 2. The van der Waals surface area contributed by atoms with Crippen LogP contribution in [0.1, 0.15) is 0 Å². The molecule has 5 heteroatoms. The summed E-state index contributed by atoms with van der Waals surface area (Å²) in [4.78, 5) is 24.6. The molecule has 0 aromatic heterocycles. The molecule has 5 nitrogen and oxygen atoms in total. The number of hydrogen-bond acceptors (Lipinski definition) is 5. The molecule has 0 spiro atoms. The van der Waals surface area contributed by atoms with Crippen LogP contribution in [0.4, 0.5) is 0 Å². The molecule has 0 bridgehead atoms. The highest BCUT2D eigenvalue weighted by molar-refractivity contribution is 5.83. The first-order chi connectivity index (χ1) is 6.60. The lowest BCUT2D eigenvalue weighted by Gasteiger charge is -2.13. The van der Waals surface area contributed by atoms with Crippen molar-refractivity contribution in [2.45, 2.75) is 0 Å². The lowest BCUT2D eigenvalue weighted by molar-refractivity contribution is -0.155. The minimum Gasteiger partial charge on any atom is -0.469 e. The SMILES string of the molecule is COC(=O)[C@H]1CN(C)C[C@@H]1C(=O)OC. The van der Waals surface area contributed by atoms with Crippen molar-refractivity contribution in [2.24, 2.45) is 11.8 Å². The van der Waals surface area contributed by atoms with Gasteiger partial charge in [0.1, 0.15) is 0 Å². The first-order valence-corrected chi connectivity index (χ1v) is 4.44. The second-order valence-corrected chi connectivity index (χ2v) is 3.48. The Morgan fingerprint density at radius 1 is 1.07 bits per heavy atom. The summed E-state index contributed by atoms with van der Waals surface area (Å²) in [7, 11) is 4.52. The van der Waals surface area contributed by atoms with Gasteiger partial charge in [0.05, 0.1) is 26.1 Å². The van der Waals surface area contributed by atoms with Crippen LogP contribution in [0, 0.1) is 11.8 Å². The van der Waals surface area contributed by atoms with E-state index >= 15 is 0 Å². The van der Waals surface area contributed by atoms with Crippen molar-refractivity contribution in [3.8, 4) is 0 Å². The number of rotatable bonds is 2. The summed E-state index contributed by atoms with van der Waals surface area (Å²) in [5.74, 6) is -1.47. The van der Waals surface area contributed by atoms with Gasteiger partial charge in [-0.05, 0) is 7.05 Å². The zero-order chi connectivity index (χ0) is 10.7. The van der Waals surface area contributed by atoms with Crippen LogP contribution < -0.4 is 0 Å². The summed E-state index contributed by atoms with van der Waals surface area (Å²) in [6.07, 6.45) is 0. The Balaban J connectivity index is 2.72. The van der Waals surface area contributed by atoms with Gasteiger partial charge in [0.15, 0.2) is 0 Å². The second kappa shape index (κ2) is 4.41. The van der Waals surface area contributed by atoms with Crippen LogP contribution in [0.3, 0.4) is 0 Å². The third-order valence-corrected chi connectivity index (χ3v) is 2.51. The Kier molecular flexibility index (Phi) is 3.46. The minimum absolute atomic E-state index is 0.343. The average Bonchev–Trinajstić information content (AvgIpc) is 2.58. The van der Waals surface area contributed by atoms with Crippen LogP contribution in [0.5, 0.6) is 0 Å². The fourth-order valence-electron chi connectivity index (χ4n) is 1.78. The van der Waals surface area contributed by atoms with Crippen molar-refractivity contribution in [3.63, 3.8) is 0 Å². The molecule has 0 aliphatic carbocycles. The molecular formula is C9H15NO4. The largest absolute Gasteiger partial charge is 0.469 e. The van der Waals surface area contributed by atoms with Gasteiger partial charge in [0.2, 0.25) is 0 Å². The predicted molar refractivity (Wildman–Crippen MR) is 48.5 cm³/mol. The fraction of sp³-hybridized carbons (Fsp3) is 0.778. The number of ether oxygens (including phenoxy) is 2. The zero-order valence-electron chi connectivity index (χ0n) is 8.65. The van der Waals surface area contributed by atoms with Crippen molar-refractivity contribution in [3.05, 3.63) is 0 Å². The van der Waals surface area contributed by atoms with Crippen molar-refractivity contribution in [1.82, 2.24) is 4.90 Å². The first-order valence-electron chi connectivity index (χ1n) is 4.44. The summed E-state index contributed by atoms with van der Waals surface area (Å²) < 4.78 is 9.27. The first kappa shape index (κ1) is 11.0. The third kappa shape index (κ3) is 2.04. The van der Waals surface area contributed by atoms with Gasteiger partial charge in [-0.25, -0.2) is 0 Å². The Bertz CT molecular complexity index is 217. The number of hydrogen-bond donors (Lipinski definition) is 0. The van der Waals surface area contributed by atoms with Crippen LogP contribution in [-0.2, 0) is 19.1 Å². The maximum Gasteiger partial charge on any atom is 0.310 e. The number of likely N-dealkylation sites (tertiary alicyclic amines) is 1. The summed E-state index contributed by atoms with van der Waals surface area (Å²) in [6.45, 7) is 1.10. The quantitative estimate of drug-likeness (QED) is 0.564. The van der Waals surface area contributed by atoms with E-state index in [4.69, 9.17) is 0 Å². The molecule has 0 saturated carbocycles. The molecule has 14 heavy (non-hydrogen) atoms. The standard InChI is InChI=1S/C9H15NO4/c1-10-4-6(8(11)13-2)7(5-10)9(12)14-3/h6-7H,4-5H2,1-3H3/t6-,7-/m0/s1. The Morgan fingerprint density at radius 3 is 1.71 bits per heavy atom. The van der Waals surface area contributed by atoms with Gasteiger partial charge in [-0.2, -0.15) is 0 Å². The van der Waals surface area contributed by atoms with Gasteiger partial charge in [-0.15, -0.1) is 0 Å². The topological polar surface area (TPSA) is 55.8 Å². The molecule has 0 aromatic rings. The van der Waals surface area contributed by atoms with E-state index in [9.17, 15) is 9.59 Å².